The predicted octanol–water partition coefficient (Wildman–Crippen LogP) is 10.6. The van der Waals surface area contributed by atoms with Crippen molar-refractivity contribution in [2.24, 2.45) is 0 Å². The molecule has 9 aromatic rings. The molecule has 0 bridgehead atoms. The molecule has 0 aliphatic carbocycles. The minimum absolute atomic E-state index is 0.924. The average Bonchev–Trinajstić information content (AvgIpc) is 3.60. The highest BCUT2D eigenvalue weighted by Crippen LogP contribution is 2.39. The standard InChI is InChI=1S/C41H27N3/c1-2-11-28(12-3-1)29-20-22-30(23-21-29)31-13-10-14-32(25-31)43-37-17-6-4-15-33(37)35-27-40-36(26-39(35)43)34-16-5-7-18-38(34)44(40)41-19-8-9-24-42-41/h1-27H. The Morgan fingerprint density at radius 2 is 0.886 bits per heavy atom. The fourth-order valence-electron chi connectivity index (χ4n) is 6.75. The fraction of sp³-hybridized carbons (Fsp3) is 0. The molecule has 0 unspecified atom stereocenters. The number of hydrogen-bond acceptors (Lipinski definition) is 1. The van der Waals surface area contributed by atoms with E-state index in [1.54, 1.807) is 0 Å². The van der Waals surface area contributed by atoms with E-state index in [1.165, 1.54) is 54.8 Å². The second-order valence-electron chi connectivity index (χ2n) is 11.3. The van der Waals surface area contributed by atoms with Crippen molar-refractivity contribution in [3.63, 3.8) is 0 Å². The zero-order valence-corrected chi connectivity index (χ0v) is 23.9. The van der Waals surface area contributed by atoms with Gasteiger partial charge < -0.3 is 4.57 Å². The number of nitrogens with zero attached hydrogens (tertiary/aromatic N) is 3. The summed E-state index contributed by atoms with van der Waals surface area (Å²) in [7, 11) is 0. The fourth-order valence-corrected chi connectivity index (χ4v) is 6.75. The molecule has 44 heavy (non-hydrogen) atoms. The molecule has 0 amide bonds. The smallest absolute Gasteiger partial charge is 0.137 e. The van der Waals surface area contributed by atoms with Gasteiger partial charge in [-0.15, -0.1) is 0 Å². The first-order chi connectivity index (χ1) is 21.8. The number of fused-ring (bicyclic) bond motifs is 6. The molecule has 9 rings (SSSR count). The minimum Gasteiger partial charge on any atom is -0.309 e. The van der Waals surface area contributed by atoms with E-state index in [0.29, 0.717) is 0 Å². The molecule has 0 N–H and O–H groups in total. The van der Waals surface area contributed by atoms with E-state index in [0.717, 1.165) is 22.5 Å². The number of rotatable bonds is 4. The summed E-state index contributed by atoms with van der Waals surface area (Å²) in [4.78, 5) is 4.74. The highest BCUT2D eigenvalue weighted by atomic mass is 15.1. The zero-order valence-electron chi connectivity index (χ0n) is 23.9. The number of para-hydroxylation sites is 2. The quantitative estimate of drug-likeness (QED) is 0.210. The van der Waals surface area contributed by atoms with Gasteiger partial charge in [-0.25, -0.2) is 4.98 Å². The lowest BCUT2D eigenvalue weighted by Gasteiger charge is -2.11. The number of benzene rings is 6. The van der Waals surface area contributed by atoms with Gasteiger partial charge in [0.2, 0.25) is 0 Å². The topological polar surface area (TPSA) is 22.8 Å². The number of pyridine rings is 1. The van der Waals surface area contributed by atoms with Crippen LogP contribution in [0.25, 0.3) is 77.4 Å². The maximum atomic E-state index is 4.74. The van der Waals surface area contributed by atoms with Gasteiger partial charge in [-0.1, -0.05) is 109 Å². The van der Waals surface area contributed by atoms with Crippen LogP contribution in [0.5, 0.6) is 0 Å². The van der Waals surface area contributed by atoms with Crippen molar-refractivity contribution in [1.82, 2.24) is 14.1 Å². The van der Waals surface area contributed by atoms with E-state index in [1.807, 2.05) is 12.3 Å². The van der Waals surface area contributed by atoms with Gasteiger partial charge in [-0.05, 0) is 70.8 Å². The van der Waals surface area contributed by atoms with Crippen LogP contribution in [0.15, 0.2) is 164 Å². The Morgan fingerprint density at radius 3 is 1.57 bits per heavy atom. The van der Waals surface area contributed by atoms with Gasteiger partial charge in [-0.2, -0.15) is 0 Å². The van der Waals surface area contributed by atoms with Gasteiger partial charge in [0.05, 0.1) is 22.1 Å². The van der Waals surface area contributed by atoms with Crippen LogP contribution in [0.2, 0.25) is 0 Å². The highest BCUT2D eigenvalue weighted by Gasteiger charge is 2.18. The van der Waals surface area contributed by atoms with Gasteiger partial charge in [0.15, 0.2) is 0 Å². The third-order valence-electron chi connectivity index (χ3n) is 8.77. The molecule has 0 aliphatic rings. The van der Waals surface area contributed by atoms with Gasteiger partial charge >= 0.3 is 0 Å². The average molecular weight is 562 g/mol. The second-order valence-corrected chi connectivity index (χ2v) is 11.3. The molecule has 0 radical (unpaired) electrons. The number of hydrogen-bond donors (Lipinski definition) is 0. The van der Waals surface area contributed by atoms with Crippen LogP contribution in [0.1, 0.15) is 0 Å². The summed E-state index contributed by atoms with van der Waals surface area (Å²) < 4.78 is 4.70. The molecule has 3 heteroatoms. The first-order valence-corrected chi connectivity index (χ1v) is 15.0. The normalized spacial score (nSPS) is 11.6. The van der Waals surface area contributed by atoms with Crippen molar-refractivity contribution in [3.8, 4) is 33.8 Å². The van der Waals surface area contributed by atoms with Gasteiger partial charge in [-0.3, -0.25) is 4.57 Å². The maximum absolute atomic E-state index is 4.74. The molecular formula is C41H27N3. The van der Waals surface area contributed by atoms with Gasteiger partial charge in [0, 0.05) is 33.4 Å². The lowest BCUT2D eigenvalue weighted by atomic mass is 10.00. The second kappa shape index (κ2) is 9.82. The third-order valence-corrected chi connectivity index (χ3v) is 8.77. The summed E-state index contributed by atoms with van der Waals surface area (Å²) in [5.74, 6) is 0.924. The Morgan fingerprint density at radius 1 is 0.341 bits per heavy atom. The van der Waals surface area contributed by atoms with Crippen molar-refractivity contribution in [2.45, 2.75) is 0 Å². The van der Waals surface area contributed by atoms with Crippen LogP contribution in [0.4, 0.5) is 0 Å². The van der Waals surface area contributed by atoms with E-state index in [-0.39, 0.29) is 0 Å². The van der Waals surface area contributed by atoms with Crippen molar-refractivity contribution in [2.75, 3.05) is 0 Å². The largest absolute Gasteiger partial charge is 0.309 e. The highest BCUT2D eigenvalue weighted by molar-refractivity contribution is 6.19. The molecule has 0 saturated carbocycles. The lowest BCUT2D eigenvalue weighted by molar-refractivity contribution is 1.08. The van der Waals surface area contributed by atoms with E-state index >= 15 is 0 Å². The summed E-state index contributed by atoms with van der Waals surface area (Å²) >= 11 is 0. The van der Waals surface area contributed by atoms with Crippen molar-refractivity contribution in [1.29, 1.82) is 0 Å². The van der Waals surface area contributed by atoms with E-state index in [2.05, 4.69) is 161 Å². The predicted molar refractivity (Wildman–Crippen MR) is 184 cm³/mol. The zero-order chi connectivity index (χ0) is 29.0. The van der Waals surface area contributed by atoms with Crippen LogP contribution in [-0.4, -0.2) is 14.1 Å². The first-order valence-electron chi connectivity index (χ1n) is 15.0. The van der Waals surface area contributed by atoms with E-state index < -0.39 is 0 Å². The molecular weight excluding hydrogens is 534 g/mol. The summed E-state index contributed by atoms with van der Waals surface area (Å²) in [5, 5.41) is 4.90. The van der Waals surface area contributed by atoms with Crippen LogP contribution >= 0.6 is 0 Å². The molecule has 3 heterocycles. The monoisotopic (exact) mass is 561 g/mol. The van der Waals surface area contributed by atoms with Crippen molar-refractivity contribution >= 4 is 43.6 Å². The van der Waals surface area contributed by atoms with Gasteiger partial charge in [0.1, 0.15) is 5.82 Å². The van der Waals surface area contributed by atoms with Crippen LogP contribution < -0.4 is 0 Å². The molecule has 0 fully saturated rings. The third kappa shape index (κ3) is 3.80. The molecule has 3 nitrogen and oxygen atoms in total. The molecule has 206 valence electrons. The Labute approximate surface area is 254 Å². The van der Waals surface area contributed by atoms with E-state index in [4.69, 9.17) is 4.98 Å². The molecule has 6 aromatic carbocycles. The van der Waals surface area contributed by atoms with Crippen LogP contribution in [-0.2, 0) is 0 Å². The molecule has 0 aliphatic heterocycles. The van der Waals surface area contributed by atoms with Gasteiger partial charge in [0.25, 0.3) is 0 Å². The molecule has 0 spiro atoms. The molecule has 0 saturated heterocycles. The maximum Gasteiger partial charge on any atom is 0.137 e. The first kappa shape index (κ1) is 24.6. The Kier molecular flexibility index (Phi) is 5.50. The summed E-state index contributed by atoms with van der Waals surface area (Å²) in [6.45, 7) is 0. The van der Waals surface area contributed by atoms with E-state index in [9.17, 15) is 0 Å². The lowest BCUT2D eigenvalue weighted by Crippen LogP contribution is -1.96. The number of aromatic nitrogens is 3. The molecule has 3 aromatic heterocycles. The Balaban J connectivity index is 1.27. The Bertz CT molecular complexity index is 2470. The molecule has 0 atom stereocenters. The summed E-state index contributed by atoms with van der Waals surface area (Å²) in [5.41, 5.74) is 10.7. The summed E-state index contributed by atoms with van der Waals surface area (Å²) in [6.07, 6.45) is 1.86. The van der Waals surface area contributed by atoms with Crippen LogP contribution in [0, 0.1) is 0 Å². The van der Waals surface area contributed by atoms with Crippen molar-refractivity contribution in [3.05, 3.63) is 164 Å². The summed E-state index contributed by atoms with van der Waals surface area (Å²) in [6, 6.07) is 56.5. The minimum atomic E-state index is 0.924. The Hall–Kier alpha value is -5.93. The van der Waals surface area contributed by atoms with Crippen molar-refractivity contribution < 1.29 is 0 Å². The van der Waals surface area contributed by atoms with Crippen LogP contribution in [0.3, 0.4) is 0 Å². The SMILES string of the molecule is c1ccc(-c2ccc(-c3cccc(-n4c5ccccc5c5cc6c(cc54)c4ccccc4n6-c4ccccn4)c3)cc2)cc1.